The Morgan fingerprint density at radius 2 is 1.67 bits per heavy atom. The van der Waals surface area contributed by atoms with E-state index in [-0.39, 0.29) is 0 Å². The molecule has 146 valence electrons. The minimum atomic E-state index is 0.353. The van der Waals surface area contributed by atoms with Crippen LogP contribution in [0.1, 0.15) is 5.89 Å². The molecule has 0 atom stereocenters. The van der Waals surface area contributed by atoms with Crippen molar-refractivity contribution in [1.82, 2.24) is 25.1 Å². The first kappa shape index (κ1) is 17.7. The van der Waals surface area contributed by atoms with Gasteiger partial charge in [0.25, 0.3) is 5.89 Å². The van der Waals surface area contributed by atoms with Crippen LogP contribution in [-0.4, -0.2) is 25.1 Å². The van der Waals surface area contributed by atoms with Gasteiger partial charge in [0.2, 0.25) is 5.89 Å². The molecule has 0 saturated heterocycles. The van der Waals surface area contributed by atoms with Gasteiger partial charge in [0, 0.05) is 18.0 Å². The van der Waals surface area contributed by atoms with Crippen LogP contribution in [-0.2, 0) is 0 Å². The lowest BCUT2D eigenvalue weighted by atomic mass is 10.2. The molecule has 3 heterocycles. The first-order valence-corrected chi connectivity index (χ1v) is 9.26. The van der Waals surface area contributed by atoms with Gasteiger partial charge in [-0.3, -0.25) is 0 Å². The van der Waals surface area contributed by atoms with Crippen molar-refractivity contribution in [3.63, 3.8) is 0 Å². The molecule has 2 aromatic carbocycles. The maximum absolute atomic E-state index is 5.84. The molecular weight excluding hydrogens is 380 g/mol. The van der Waals surface area contributed by atoms with Gasteiger partial charge in [-0.05, 0) is 42.5 Å². The molecule has 0 radical (unpaired) electrons. The minimum Gasteiger partial charge on any atom is -0.457 e. The van der Waals surface area contributed by atoms with Gasteiger partial charge >= 0.3 is 0 Å². The number of anilines is 2. The summed E-state index contributed by atoms with van der Waals surface area (Å²) >= 11 is 0. The summed E-state index contributed by atoms with van der Waals surface area (Å²) in [5.41, 5.74) is 2.13. The van der Waals surface area contributed by atoms with E-state index in [1.807, 2.05) is 60.7 Å². The van der Waals surface area contributed by atoms with Gasteiger partial charge in [-0.2, -0.15) is 0 Å². The van der Waals surface area contributed by atoms with Crippen LogP contribution in [0.15, 0.2) is 77.6 Å². The summed E-state index contributed by atoms with van der Waals surface area (Å²) in [4.78, 5) is 13.0. The number of benzene rings is 2. The highest BCUT2D eigenvalue weighted by Gasteiger charge is 2.12. The highest BCUT2D eigenvalue weighted by Crippen LogP contribution is 2.28. The van der Waals surface area contributed by atoms with Crippen LogP contribution in [0.4, 0.5) is 11.5 Å². The van der Waals surface area contributed by atoms with Gasteiger partial charge in [-0.25, -0.2) is 15.0 Å². The second-order valence-corrected chi connectivity index (χ2v) is 6.50. The topological polar surface area (TPSA) is 98.9 Å². The molecule has 5 aromatic rings. The number of ether oxygens (including phenoxy) is 1. The van der Waals surface area contributed by atoms with Gasteiger partial charge in [0.1, 0.15) is 29.3 Å². The second-order valence-electron chi connectivity index (χ2n) is 6.50. The summed E-state index contributed by atoms with van der Waals surface area (Å²) in [7, 11) is 0. The summed E-state index contributed by atoms with van der Waals surface area (Å²) in [5, 5.41) is 12.0. The van der Waals surface area contributed by atoms with E-state index < -0.39 is 0 Å². The Bertz CT molecular complexity index is 1300. The Hall–Kier alpha value is -4.33. The summed E-state index contributed by atoms with van der Waals surface area (Å²) in [5.74, 6) is 3.02. The van der Waals surface area contributed by atoms with E-state index in [0.717, 1.165) is 22.6 Å². The third-order valence-corrected chi connectivity index (χ3v) is 4.36. The lowest BCUT2D eigenvalue weighted by Gasteiger charge is -2.10. The molecule has 30 heavy (non-hydrogen) atoms. The fourth-order valence-electron chi connectivity index (χ4n) is 2.94. The van der Waals surface area contributed by atoms with Gasteiger partial charge in [-0.15, -0.1) is 10.2 Å². The van der Waals surface area contributed by atoms with E-state index in [9.17, 15) is 0 Å². The van der Waals surface area contributed by atoms with Gasteiger partial charge < -0.3 is 14.5 Å². The monoisotopic (exact) mass is 396 g/mol. The molecule has 0 fully saturated rings. The molecule has 0 aliphatic heterocycles. The molecular formula is C22H16N6O2. The fourth-order valence-corrected chi connectivity index (χ4v) is 2.94. The smallest absolute Gasteiger partial charge is 0.266 e. The van der Waals surface area contributed by atoms with E-state index in [1.165, 1.54) is 6.33 Å². The number of rotatable bonds is 5. The van der Waals surface area contributed by atoms with Crippen LogP contribution in [0, 0.1) is 6.92 Å². The number of hydrogen-bond donors (Lipinski definition) is 1. The summed E-state index contributed by atoms with van der Waals surface area (Å²) < 4.78 is 11.3. The van der Waals surface area contributed by atoms with Crippen molar-refractivity contribution in [2.45, 2.75) is 6.92 Å². The van der Waals surface area contributed by atoms with Crippen molar-refractivity contribution < 1.29 is 9.15 Å². The number of pyridine rings is 1. The van der Waals surface area contributed by atoms with Crippen LogP contribution in [0.3, 0.4) is 0 Å². The van der Waals surface area contributed by atoms with E-state index >= 15 is 0 Å². The van der Waals surface area contributed by atoms with Crippen molar-refractivity contribution in [3.8, 4) is 23.1 Å². The predicted octanol–water partition coefficient (Wildman–Crippen LogP) is 4.92. The predicted molar refractivity (Wildman–Crippen MR) is 112 cm³/mol. The number of aryl methyl sites for hydroxylation is 1. The first-order valence-electron chi connectivity index (χ1n) is 9.26. The van der Waals surface area contributed by atoms with Crippen molar-refractivity contribution in [2.75, 3.05) is 5.32 Å². The molecule has 5 rings (SSSR count). The zero-order valence-corrected chi connectivity index (χ0v) is 16.0. The molecule has 0 saturated carbocycles. The Balaban J connectivity index is 1.42. The fraction of sp³-hybridized carbons (Fsp3) is 0.0455. The normalized spacial score (nSPS) is 10.8. The standard InChI is InChI=1S/C22H16N6O2/c1-14-27-28-22(29-14)19-11-18-20(12-23-19)24-13-25-21(18)26-15-7-9-17(10-8-15)30-16-5-3-2-4-6-16/h2-13H,1H3,(H,24,25,26). The Kier molecular flexibility index (Phi) is 4.49. The molecule has 8 heteroatoms. The zero-order valence-electron chi connectivity index (χ0n) is 16.0. The number of nitrogens with one attached hydrogen (secondary N) is 1. The molecule has 0 aliphatic carbocycles. The van der Waals surface area contributed by atoms with Gasteiger partial charge in [0.15, 0.2) is 0 Å². The van der Waals surface area contributed by atoms with Crippen LogP contribution in [0.5, 0.6) is 11.5 Å². The molecule has 0 spiro atoms. The van der Waals surface area contributed by atoms with Crippen LogP contribution < -0.4 is 10.1 Å². The highest BCUT2D eigenvalue weighted by atomic mass is 16.5. The maximum atomic E-state index is 5.84. The van der Waals surface area contributed by atoms with E-state index in [2.05, 4.69) is 30.5 Å². The first-order chi connectivity index (χ1) is 14.7. The molecule has 0 bridgehead atoms. The minimum absolute atomic E-state index is 0.353. The molecule has 0 amide bonds. The molecule has 0 unspecified atom stereocenters. The number of aromatic nitrogens is 5. The van der Waals surface area contributed by atoms with Crippen LogP contribution >= 0.6 is 0 Å². The lowest BCUT2D eigenvalue weighted by Crippen LogP contribution is -1.97. The third kappa shape index (κ3) is 3.66. The number of fused-ring (bicyclic) bond motifs is 1. The average Bonchev–Trinajstić information content (AvgIpc) is 3.22. The van der Waals surface area contributed by atoms with Crippen molar-refractivity contribution in [2.24, 2.45) is 0 Å². The quantitative estimate of drug-likeness (QED) is 0.447. The van der Waals surface area contributed by atoms with Crippen LogP contribution in [0.25, 0.3) is 22.5 Å². The number of para-hydroxylation sites is 1. The van der Waals surface area contributed by atoms with E-state index in [4.69, 9.17) is 9.15 Å². The van der Waals surface area contributed by atoms with Gasteiger partial charge in [0.05, 0.1) is 11.7 Å². The number of nitrogens with zero attached hydrogens (tertiary/aromatic N) is 5. The summed E-state index contributed by atoms with van der Waals surface area (Å²) in [6.45, 7) is 1.73. The summed E-state index contributed by atoms with van der Waals surface area (Å²) in [6.07, 6.45) is 3.16. The third-order valence-electron chi connectivity index (χ3n) is 4.36. The maximum Gasteiger partial charge on any atom is 0.266 e. The number of hydrogen-bond acceptors (Lipinski definition) is 8. The van der Waals surface area contributed by atoms with Gasteiger partial charge in [-0.1, -0.05) is 18.2 Å². The Morgan fingerprint density at radius 3 is 2.43 bits per heavy atom. The van der Waals surface area contributed by atoms with E-state index in [1.54, 1.807) is 13.1 Å². The molecule has 0 aliphatic rings. The largest absolute Gasteiger partial charge is 0.457 e. The van der Waals surface area contributed by atoms with E-state index in [0.29, 0.717) is 28.8 Å². The SMILES string of the molecule is Cc1nnc(-c2cc3c(Nc4ccc(Oc5ccccc5)cc4)ncnc3cn2)o1. The molecule has 3 aromatic heterocycles. The second kappa shape index (κ2) is 7.59. The highest BCUT2D eigenvalue weighted by molar-refractivity contribution is 5.91. The Morgan fingerprint density at radius 1 is 0.867 bits per heavy atom. The molecule has 1 N–H and O–H groups in total. The van der Waals surface area contributed by atoms with Crippen molar-refractivity contribution in [3.05, 3.63) is 79.1 Å². The van der Waals surface area contributed by atoms with Crippen molar-refractivity contribution >= 4 is 22.4 Å². The lowest BCUT2D eigenvalue weighted by molar-refractivity contribution is 0.483. The van der Waals surface area contributed by atoms with Crippen molar-refractivity contribution in [1.29, 1.82) is 0 Å². The zero-order chi connectivity index (χ0) is 20.3. The summed E-state index contributed by atoms with van der Waals surface area (Å²) in [6, 6.07) is 19.1. The molecule has 8 nitrogen and oxygen atoms in total. The Labute approximate surface area is 171 Å². The van der Waals surface area contributed by atoms with Crippen LogP contribution in [0.2, 0.25) is 0 Å². The average molecular weight is 396 g/mol.